The monoisotopic (exact) mass is 570 g/mol. The van der Waals surface area contributed by atoms with E-state index in [1.165, 1.54) is 0 Å². The Kier molecular flexibility index (Phi) is 15.0. The van der Waals surface area contributed by atoms with Crippen molar-refractivity contribution in [2.24, 2.45) is 17.8 Å². The quantitative estimate of drug-likeness (QED) is 0.167. The molecule has 0 saturated heterocycles. The number of ether oxygens (including phenoxy) is 2. The summed E-state index contributed by atoms with van der Waals surface area (Å²) in [6.07, 6.45) is 5.69. The zero-order valence-corrected chi connectivity index (χ0v) is 25.2. The Balaban J connectivity index is 4.93. The van der Waals surface area contributed by atoms with Gasteiger partial charge in [0.25, 0.3) is 0 Å². The summed E-state index contributed by atoms with van der Waals surface area (Å²) in [5, 5.41) is 11.0. The van der Waals surface area contributed by atoms with Crippen molar-refractivity contribution in [3.63, 3.8) is 0 Å². The van der Waals surface area contributed by atoms with E-state index >= 15 is 0 Å². The van der Waals surface area contributed by atoms with Gasteiger partial charge >= 0.3 is 0 Å². The van der Waals surface area contributed by atoms with Crippen molar-refractivity contribution in [3.05, 3.63) is 10.2 Å². The van der Waals surface area contributed by atoms with Crippen molar-refractivity contribution in [2.75, 3.05) is 14.2 Å². The van der Waals surface area contributed by atoms with Crippen LogP contribution < -0.4 is 0 Å². The summed E-state index contributed by atoms with van der Waals surface area (Å²) in [7, 11) is 1.74. The first kappa shape index (κ1) is 31.5. The molecule has 4 nitrogen and oxygen atoms in total. The lowest BCUT2D eigenvalue weighted by atomic mass is 9.85. The molecular formula is C25H51IO4Si. The minimum absolute atomic E-state index is 0.0111. The fourth-order valence-corrected chi connectivity index (χ4v) is 6.05. The normalized spacial score (nSPS) is 20.3. The van der Waals surface area contributed by atoms with Crippen LogP contribution in [0.15, 0.2) is 10.2 Å². The Labute approximate surface area is 208 Å². The molecule has 0 rings (SSSR count). The van der Waals surface area contributed by atoms with Crippen LogP contribution in [-0.4, -0.2) is 52.1 Å². The third-order valence-corrected chi connectivity index (χ3v) is 12.3. The number of halogens is 1. The number of methoxy groups -OCH3 is 2. The minimum atomic E-state index is -1.80. The highest BCUT2D eigenvalue weighted by Crippen LogP contribution is 2.38. The molecule has 0 bridgehead atoms. The average Bonchev–Trinajstić information content (AvgIpc) is 2.68. The van der Waals surface area contributed by atoms with E-state index in [0.29, 0.717) is 5.92 Å². The van der Waals surface area contributed by atoms with Crippen molar-refractivity contribution in [3.8, 4) is 0 Å². The molecule has 0 aromatic heterocycles. The maximum atomic E-state index is 10.8. The molecule has 0 radical (unpaired) electrons. The zero-order chi connectivity index (χ0) is 24.4. The molecule has 0 aromatic carbocycles. The first-order chi connectivity index (χ1) is 14.2. The van der Waals surface area contributed by atoms with Crippen LogP contribution in [0.5, 0.6) is 0 Å². The van der Waals surface area contributed by atoms with Crippen LogP contribution in [0.2, 0.25) is 18.1 Å². The van der Waals surface area contributed by atoms with Crippen LogP contribution in [0, 0.1) is 17.8 Å². The molecule has 7 atom stereocenters. The number of aliphatic hydroxyl groups excluding tert-OH is 1. The maximum absolute atomic E-state index is 10.8. The first-order valence-corrected chi connectivity index (χ1v) is 16.1. The lowest BCUT2D eigenvalue weighted by Crippen LogP contribution is -2.45. The summed E-state index contributed by atoms with van der Waals surface area (Å²) in [6, 6.07) is 0. The summed E-state index contributed by atoms with van der Waals surface area (Å²) in [6.45, 7) is 20.2. The van der Waals surface area contributed by atoms with E-state index in [1.807, 2.05) is 4.08 Å². The third kappa shape index (κ3) is 10.5. The summed E-state index contributed by atoms with van der Waals surface area (Å²) < 4.78 is 20.3. The van der Waals surface area contributed by atoms with Gasteiger partial charge in [0.1, 0.15) is 0 Å². The molecule has 0 fully saturated rings. The van der Waals surface area contributed by atoms with E-state index in [0.717, 1.165) is 25.7 Å². The van der Waals surface area contributed by atoms with Crippen molar-refractivity contribution >= 4 is 30.9 Å². The fraction of sp³-hybridized carbons (Fsp3) is 0.920. The lowest BCUT2D eigenvalue weighted by molar-refractivity contribution is -0.0330. The van der Waals surface area contributed by atoms with Gasteiger partial charge in [-0.15, -0.1) is 0 Å². The molecule has 1 N–H and O–H groups in total. The number of hydrogen-bond acceptors (Lipinski definition) is 4. The van der Waals surface area contributed by atoms with Gasteiger partial charge in [-0.2, -0.15) is 0 Å². The van der Waals surface area contributed by atoms with Crippen LogP contribution >= 0.6 is 22.6 Å². The molecule has 186 valence electrons. The molecule has 0 aliphatic rings. The Hall–Kier alpha value is 0.527. The van der Waals surface area contributed by atoms with E-state index in [1.54, 1.807) is 14.2 Å². The van der Waals surface area contributed by atoms with Crippen LogP contribution in [0.1, 0.15) is 74.1 Å². The largest absolute Gasteiger partial charge is 0.414 e. The van der Waals surface area contributed by atoms with Crippen molar-refractivity contribution < 1.29 is 19.0 Å². The number of rotatable bonds is 15. The summed E-state index contributed by atoms with van der Waals surface area (Å²) in [5.41, 5.74) is 0. The zero-order valence-electron chi connectivity index (χ0n) is 22.1. The van der Waals surface area contributed by atoms with Gasteiger partial charge in [0.2, 0.25) is 0 Å². The molecule has 0 unspecified atom stereocenters. The number of aliphatic hydroxyl groups is 1. The molecule has 0 spiro atoms. The molecule has 31 heavy (non-hydrogen) atoms. The Morgan fingerprint density at radius 2 is 1.61 bits per heavy atom. The molecular weight excluding hydrogens is 519 g/mol. The smallest absolute Gasteiger partial charge is 0.192 e. The van der Waals surface area contributed by atoms with E-state index in [2.05, 4.69) is 90.2 Å². The second kappa shape index (κ2) is 14.7. The highest BCUT2D eigenvalue weighted by Gasteiger charge is 2.39. The van der Waals surface area contributed by atoms with Gasteiger partial charge in [-0.25, -0.2) is 0 Å². The van der Waals surface area contributed by atoms with Crippen molar-refractivity contribution in [2.45, 2.75) is 117 Å². The minimum Gasteiger partial charge on any atom is -0.414 e. The molecule has 0 saturated carbocycles. The lowest BCUT2D eigenvalue weighted by Gasteiger charge is -2.40. The topological polar surface area (TPSA) is 47.9 Å². The second-order valence-electron chi connectivity index (χ2n) is 10.8. The molecule has 6 heteroatoms. The van der Waals surface area contributed by atoms with Gasteiger partial charge < -0.3 is 19.0 Å². The maximum Gasteiger partial charge on any atom is 0.192 e. The standard InChI is InChI=1S/C25H51IO4Si/c1-12-21(30-31(10,11)25(5,6)7)17-23(28-8)18(2)13-14-22(27)20(4)24(29-9)19(3)15-16-26/h15-16,18-24,27H,12-14,17H2,1-11H3/b16-15+/t18-,19+,20-,21+,22+,23-,24+/m0/s1. The average molecular weight is 571 g/mol. The van der Waals surface area contributed by atoms with E-state index in [9.17, 15) is 5.11 Å². The Bertz CT molecular complexity index is 506. The van der Waals surface area contributed by atoms with E-state index in [-0.39, 0.29) is 41.3 Å². The molecule has 0 amide bonds. The first-order valence-electron chi connectivity index (χ1n) is 11.9. The highest BCUT2D eigenvalue weighted by atomic mass is 127. The van der Waals surface area contributed by atoms with Gasteiger partial charge in [0, 0.05) is 32.2 Å². The summed E-state index contributed by atoms with van der Waals surface area (Å²) in [5.74, 6) is 0.705. The molecule has 0 aromatic rings. The molecule has 0 aliphatic carbocycles. The predicted octanol–water partition coefficient (Wildman–Crippen LogP) is 7.21. The van der Waals surface area contributed by atoms with Crippen LogP contribution in [0.3, 0.4) is 0 Å². The van der Waals surface area contributed by atoms with Crippen molar-refractivity contribution in [1.29, 1.82) is 0 Å². The van der Waals surface area contributed by atoms with Crippen molar-refractivity contribution in [1.82, 2.24) is 0 Å². The van der Waals surface area contributed by atoms with Gasteiger partial charge in [-0.3, -0.25) is 0 Å². The third-order valence-electron chi connectivity index (χ3n) is 7.37. The van der Waals surface area contributed by atoms with Crippen LogP contribution in [0.4, 0.5) is 0 Å². The Morgan fingerprint density at radius 3 is 2.03 bits per heavy atom. The second-order valence-corrected chi connectivity index (χ2v) is 16.3. The Morgan fingerprint density at radius 1 is 1.03 bits per heavy atom. The van der Waals surface area contributed by atoms with Gasteiger partial charge in [-0.05, 0) is 53.8 Å². The highest BCUT2D eigenvalue weighted by molar-refractivity contribution is 14.1. The van der Waals surface area contributed by atoms with Gasteiger partial charge in [0.05, 0.1) is 18.3 Å². The van der Waals surface area contributed by atoms with Gasteiger partial charge in [0.15, 0.2) is 8.32 Å². The van der Waals surface area contributed by atoms with Crippen LogP contribution in [0.25, 0.3) is 0 Å². The van der Waals surface area contributed by atoms with Crippen LogP contribution in [-0.2, 0) is 13.9 Å². The fourth-order valence-electron chi connectivity index (χ4n) is 3.95. The summed E-state index contributed by atoms with van der Waals surface area (Å²) in [4.78, 5) is 0. The molecule has 0 heterocycles. The van der Waals surface area contributed by atoms with Gasteiger partial charge in [-0.1, -0.05) is 77.1 Å². The predicted molar refractivity (Wildman–Crippen MR) is 144 cm³/mol. The molecule has 0 aliphatic heterocycles. The summed E-state index contributed by atoms with van der Waals surface area (Å²) >= 11 is 2.23. The number of hydrogen-bond donors (Lipinski definition) is 1. The van der Waals surface area contributed by atoms with E-state index < -0.39 is 8.32 Å². The van der Waals surface area contributed by atoms with E-state index in [4.69, 9.17) is 13.9 Å². The SMILES string of the molecule is CC[C@H](C[C@H](OC)[C@@H](C)CC[C@@H](O)[C@H](C)[C@H](OC)[C@H](C)/C=C/I)O[Si](C)(C)C(C)(C)C.